The van der Waals surface area contributed by atoms with E-state index in [0.29, 0.717) is 29.6 Å². The van der Waals surface area contributed by atoms with E-state index in [1.165, 1.54) is 14.5 Å². The van der Waals surface area contributed by atoms with Crippen LogP contribution in [0.15, 0.2) is 60.0 Å². The van der Waals surface area contributed by atoms with Crippen LogP contribution in [0.5, 0.6) is 11.5 Å². The molecule has 3 rings (SSSR count). The van der Waals surface area contributed by atoms with Gasteiger partial charge in [0.1, 0.15) is 6.61 Å². The second-order valence-corrected chi connectivity index (χ2v) is 8.37. The van der Waals surface area contributed by atoms with Crippen LogP contribution in [0.4, 0.5) is 4.79 Å². The number of ether oxygens (including phenoxy) is 2. The molecule has 0 saturated carbocycles. The third-order valence-corrected chi connectivity index (χ3v) is 5.68. The Hall–Kier alpha value is -2.26. The molecule has 0 atom stereocenters. The molecule has 2 aromatic rings. The number of hydrogen-bond acceptors (Lipinski definition) is 5. The van der Waals surface area contributed by atoms with Gasteiger partial charge in [-0.2, -0.15) is 0 Å². The number of nitrogens with zero attached hydrogens (tertiary/aromatic N) is 1. The first-order valence-corrected chi connectivity index (χ1v) is 10.9. The Morgan fingerprint density at radius 1 is 1.10 bits per heavy atom. The van der Waals surface area contributed by atoms with Crippen LogP contribution in [0.25, 0.3) is 6.08 Å². The monoisotopic (exact) mass is 521 g/mol. The third kappa shape index (κ3) is 5.42. The van der Waals surface area contributed by atoms with E-state index in [1.807, 2.05) is 49.4 Å². The Morgan fingerprint density at radius 2 is 1.86 bits per heavy atom. The van der Waals surface area contributed by atoms with Crippen molar-refractivity contribution < 1.29 is 19.1 Å². The number of thioether (sulfide) groups is 1. The summed E-state index contributed by atoms with van der Waals surface area (Å²) in [6, 6.07) is 13.6. The van der Waals surface area contributed by atoms with E-state index in [1.54, 1.807) is 6.08 Å². The molecule has 0 bridgehead atoms. The maximum atomic E-state index is 12.4. The predicted octanol–water partition coefficient (Wildman–Crippen LogP) is 5.49. The maximum Gasteiger partial charge on any atom is 0.293 e. The summed E-state index contributed by atoms with van der Waals surface area (Å²) in [5.74, 6) is 0.913. The fourth-order valence-corrected chi connectivity index (χ4v) is 3.89. The summed E-state index contributed by atoms with van der Waals surface area (Å²) >= 11 is 3.19. The summed E-state index contributed by atoms with van der Waals surface area (Å²) in [6.07, 6.45) is 3.23. The van der Waals surface area contributed by atoms with E-state index in [9.17, 15) is 9.59 Å². The van der Waals surface area contributed by atoms with Gasteiger partial charge in [-0.15, -0.1) is 6.58 Å². The molecule has 0 N–H and O–H groups in total. The van der Waals surface area contributed by atoms with Crippen molar-refractivity contribution in [1.29, 1.82) is 0 Å². The number of carbonyl (C=O) groups is 2. The van der Waals surface area contributed by atoms with E-state index in [-0.39, 0.29) is 17.7 Å². The van der Waals surface area contributed by atoms with Crippen molar-refractivity contribution in [2.24, 2.45) is 0 Å². The lowest BCUT2D eigenvalue weighted by Crippen LogP contribution is -2.27. The molecule has 0 aromatic heterocycles. The normalized spacial score (nSPS) is 15.1. The SMILES string of the molecule is C=CCN1C(=O)S/C(=C/c2ccc(OCc3ccc(I)cc3)c(OCC)c2)C1=O. The van der Waals surface area contributed by atoms with E-state index < -0.39 is 0 Å². The minimum absolute atomic E-state index is 0.206. The summed E-state index contributed by atoms with van der Waals surface area (Å²) in [5, 5.41) is -0.288. The van der Waals surface area contributed by atoms with Gasteiger partial charge in [-0.25, -0.2) is 0 Å². The molecule has 1 saturated heterocycles. The average molecular weight is 521 g/mol. The minimum atomic E-state index is -0.308. The summed E-state index contributed by atoms with van der Waals surface area (Å²) in [4.78, 5) is 25.9. The van der Waals surface area contributed by atoms with Crippen LogP contribution in [-0.4, -0.2) is 29.2 Å². The van der Waals surface area contributed by atoms with Gasteiger partial charge in [-0.05, 0) is 82.7 Å². The van der Waals surface area contributed by atoms with Gasteiger partial charge < -0.3 is 9.47 Å². The van der Waals surface area contributed by atoms with Gasteiger partial charge in [0, 0.05) is 10.1 Å². The highest BCUT2D eigenvalue weighted by Crippen LogP contribution is 2.34. The molecule has 1 heterocycles. The maximum absolute atomic E-state index is 12.4. The van der Waals surface area contributed by atoms with E-state index >= 15 is 0 Å². The van der Waals surface area contributed by atoms with Crippen molar-refractivity contribution in [3.63, 3.8) is 0 Å². The second kappa shape index (κ2) is 9.98. The van der Waals surface area contributed by atoms with Gasteiger partial charge in [-0.1, -0.05) is 24.3 Å². The highest BCUT2D eigenvalue weighted by Gasteiger charge is 2.34. The molecule has 0 spiro atoms. The largest absolute Gasteiger partial charge is 0.490 e. The topological polar surface area (TPSA) is 55.8 Å². The Labute approximate surface area is 187 Å². The quantitative estimate of drug-likeness (QED) is 0.261. The summed E-state index contributed by atoms with van der Waals surface area (Å²) in [5.41, 5.74) is 1.83. The van der Waals surface area contributed by atoms with Gasteiger partial charge in [0.2, 0.25) is 0 Å². The standard InChI is InChI=1S/C22H20INO4S/c1-3-11-24-21(25)20(29-22(24)26)13-16-7-10-18(19(12-16)27-4-2)28-14-15-5-8-17(23)9-6-15/h3,5-10,12-13H,1,4,11,14H2,2H3/b20-13+. The number of halogens is 1. The highest BCUT2D eigenvalue weighted by atomic mass is 127. The second-order valence-electron chi connectivity index (χ2n) is 6.14. The van der Waals surface area contributed by atoms with Gasteiger partial charge in [0.05, 0.1) is 11.5 Å². The van der Waals surface area contributed by atoms with Crippen molar-refractivity contribution in [1.82, 2.24) is 4.90 Å². The van der Waals surface area contributed by atoms with Gasteiger partial charge in [0.15, 0.2) is 11.5 Å². The Kier molecular flexibility index (Phi) is 7.38. The molecule has 150 valence electrons. The smallest absolute Gasteiger partial charge is 0.293 e. The molecule has 0 aliphatic carbocycles. The van der Waals surface area contributed by atoms with Crippen molar-refractivity contribution in [2.45, 2.75) is 13.5 Å². The molecule has 1 aliphatic rings. The third-order valence-electron chi connectivity index (χ3n) is 4.06. The fourth-order valence-electron chi connectivity index (χ4n) is 2.68. The minimum Gasteiger partial charge on any atom is -0.490 e. The number of imide groups is 1. The van der Waals surface area contributed by atoms with E-state index in [0.717, 1.165) is 22.9 Å². The van der Waals surface area contributed by atoms with Crippen LogP contribution in [0, 0.1) is 3.57 Å². The van der Waals surface area contributed by atoms with Crippen molar-refractivity contribution >= 4 is 51.6 Å². The molecule has 5 nitrogen and oxygen atoms in total. The summed E-state index contributed by atoms with van der Waals surface area (Å²) < 4.78 is 12.8. The molecule has 7 heteroatoms. The Bertz CT molecular complexity index is 956. The molecule has 0 radical (unpaired) electrons. The van der Waals surface area contributed by atoms with E-state index in [2.05, 4.69) is 29.2 Å². The van der Waals surface area contributed by atoms with Crippen molar-refractivity contribution in [3.05, 3.63) is 74.7 Å². The number of benzene rings is 2. The number of hydrogen-bond donors (Lipinski definition) is 0. The van der Waals surface area contributed by atoms with Gasteiger partial charge in [0.25, 0.3) is 11.1 Å². The summed E-state index contributed by atoms with van der Waals surface area (Å²) in [6.45, 7) is 6.60. The Balaban J connectivity index is 1.78. The molecule has 29 heavy (non-hydrogen) atoms. The van der Waals surface area contributed by atoms with Gasteiger partial charge >= 0.3 is 0 Å². The fraction of sp³-hybridized carbons (Fsp3) is 0.182. The lowest BCUT2D eigenvalue weighted by molar-refractivity contribution is -0.122. The first-order valence-electron chi connectivity index (χ1n) is 9.02. The molecular formula is C22H20INO4S. The zero-order valence-corrected chi connectivity index (χ0v) is 18.9. The van der Waals surface area contributed by atoms with Crippen LogP contribution >= 0.6 is 34.4 Å². The van der Waals surface area contributed by atoms with Crippen molar-refractivity contribution in [2.75, 3.05) is 13.2 Å². The highest BCUT2D eigenvalue weighted by molar-refractivity contribution is 14.1. The Morgan fingerprint density at radius 3 is 2.55 bits per heavy atom. The average Bonchev–Trinajstić information content (AvgIpc) is 2.97. The molecule has 2 amide bonds. The lowest BCUT2D eigenvalue weighted by atomic mass is 10.1. The lowest BCUT2D eigenvalue weighted by Gasteiger charge is -2.13. The first kappa shape index (κ1) is 21.4. The van der Waals surface area contributed by atoms with Crippen LogP contribution in [0.2, 0.25) is 0 Å². The molecule has 0 unspecified atom stereocenters. The molecular weight excluding hydrogens is 501 g/mol. The van der Waals surface area contributed by atoms with Crippen LogP contribution < -0.4 is 9.47 Å². The van der Waals surface area contributed by atoms with Crippen molar-refractivity contribution in [3.8, 4) is 11.5 Å². The first-order chi connectivity index (χ1) is 14.0. The molecule has 2 aromatic carbocycles. The number of carbonyl (C=O) groups excluding carboxylic acids is 2. The van der Waals surface area contributed by atoms with Crippen LogP contribution in [0.3, 0.4) is 0 Å². The number of rotatable bonds is 8. The van der Waals surface area contributed by atoms with Crippen LogP contribution in [-0.2, 0) is 11.4 Å². The zero-order valence-electron chi connectivity index (χ0n) is 15.9. The number of amides is 2. The van der Waals surface area contributed by atoms with Gasteiger partial charge in [-0.3, -0.25) is 14.5 Å². The van der Waals surface area contributed by atoms with Crippen LogP contribution in [0.1, 0.15) is 18.1 Å². The zero-order chi connectivity index (χ0) is 20.8. The molecule has 1 aliphatic heterocycles. The predicted molar refractivity (Wildman–Crippen MR) is 124 cm³/mol. The summed E-state index contributed by atoms with van der Waals surface area (Å²) in [7, 11) is 0. The van der Waals surface area contributed by atoms with E-state index in [4.69, 9.17) is 9.47 Å². The molecule has 1 fully saturated rings.